The molecule has 19 heavy (non-hydrogen) atoms. The minimum absolute atomic E-state index is 0.965. The highest BCUT2D eigenvalue weighted by atomic mass is 15.1. The fraction of sp³-hybridized carbons (Fsp3) is 0.667. The summed E-state index contributed by atoms with van der Waals surface area (Å²) in [6.07, 6.45) is 4.08. The SMILES string of the molecule is CC.CC.CCC1CCN(c2ccc(C)cc2)CC1. The molecule has 0 atom stereocenters. The third-order valence-corrected chi connectivity index (χ3v) is 3.59. The van der Waals surface area contributed by atoms with Crippen LogP contribution in [0.5, 0.6) is 0 Å². The molecule has 1 aromatic carbocycles. The zero-order chi connectivity index (χ0) is 14.7. The predicted octanol–water partition coefficient (Wildman–Crippen LogP) is 5.67. The Bertz CT molecular complexity index is 294. The summed E-state index contributed by atoms with van der Waals surface area (Å²) in [6.45, 7) is 14.9. The minimum Gasteiger partial charge on any atom is -0.372 e. The Morgan fingerprint density at radius 2 is 1.42 bits per heavy atom. The fourth-order valence-electron chi connectivity index (χ4n) is 2.35. The van der Waals surface area contributed by atoms with E-state index in [2.05, 4.69) is 43.0 Å². The van der Waals surface area contributed by atoms with Gasteiger partial charge in [-0.2, -0.15) is 0 Å². The summed E-state index contributed by atoms with van der Waals surface area (Å²) in [5.41, 5.74) is 2.75. The molecule has 2 rings (SSSR count). The van der Waals surface area contributed by atoms with E-state index >= 15 is 0 Å². The first-order chi connectivity index (χ1) is 9.29. The van der Waals surface area contributed by atoms with Crippen LogP contribution in [0, 0.1) is 12.8 Å². The van der Waals surface area contributed by atoms with Crippen molar-refractivity contribution in [2.75, 3.05) is 18.0 Å². The Morgan fingerprint density at radius 1 is 0.947 bits per heavy atom. The lowest BCUT2D eigenvalue weighted by Crippen LogP contribution is -2.33. The zero-order valence-corrected chi connectivity index (χ0v) is 13.9. The van der Waals surface area contributed by atoms with E-state index in [1.807, 2.05) is 27.7 Å². The molecular formula is C18H33N. The van der Waals surface area contributed by atoms with Crippen LogP contribution in [-0.4, -0.2) is 13.1 Å². The summed E-state index contributed by atoms with van der Waals surface area (Å²) in [6, 6.07) is 8.92. The number of benzene rings is 1. The number of aryl methyl sites for hydroxylation is 1. The summed E-state index contributed by atoms with van der Waals surface area (Å²) < 4.78 is 0. The molecule has 0 N–H and O–H groups in total. The summed E-state index contributed by atoms with van der Waals surface area (Å²) in [5, 5.41) is 0. The maximum atomic E-state index is 2.52. The van der Waals surface area contributed by atoms with Crippen molar-refractivity contribution in [3.63, 3.8) is 0 Å². The van der Waals surface area contributed by atoms with Crippen LogP contribution in [0.4, 0.5) is 5.69 Å². The molecule has 1 heterocycles. The Kier molecular flexibility index (Phi) is 10.3. The van der Waals surface area contributed by atoms with Crippen molar-refractivity contribution in [3.8, 4) is 0 Å². The second-order valence-electron chi connectivity index (χ2n) is 4.67. The van der Waals surface area contributed by atoms with Crippen molar-refractivity contribution in [1.82, 2.24) is 0 Å². The topological polar surface area (TPSA) is 3.24 Å². The van der Waals surface area contributed by atoms with E-state index in [9.17, 15) is 0 Å². The van der Waals surface area contributed by atoms with Crippen LogP contribution in [0.25, 0.3) is 0 Å². The summed E-state index contributed by atoms with van der Waals surface area (Å²) >= 11 is 0. The van der Waals surface area contributed by atoms with Gasteiger partial charge in [-0.25, -0.2) is 0 Å². The van der Waals surface area contributed by atoms with Crippen LogP contribution in [0.15, 0.2) is 24.3 Å². The molecule has 0 spiro atoms. The molecule has 0 bridgehead atoms. The number of piperidine rings is 1. The highest BCUT2D eigenvalue weighted by molar-refractivity contribution is 5.47. The third-order valence-electron chi connectivity index (χ3n) is 3.59. The molecule has 0 unspecified atom stereocenters. The van der Waals surface area contributed by atoms with Crippen LogP contribution < -0.4 is 4.90 Å². The summed E-state index contributed by atoms with van der Waals surface area (Å²) in [5.74, 6) is 0.965. The molecular weight excluding hydrogens is 230 g/mol. The molecule has 1 aliphatic rings. The molecule has 0 amide bonds. The van der Waals surface area contributed by atoms with Gasteiger partial charge in [0.1, 0.15) is 0 Å². The van der Waals surface area contributed by atoms with Crippen molar-refractivity contribution in [3.05, 3.63) is 29.8 Å². The molecule has 0 radical (unpaired) electrons. The quantitative estimate of drug-likeness (QED) is 0.664. The molecule has 1 nitrogen and oxygen atoms in total. The van der Waals surface area contributed by atoms with Crippen molar-refractivity contribution < 1.29 is 0 Å². The normalized spacial score (nSPS) is 14.9. The van der Waals surface area contributed by atoms with Gasteiger partial charge in [0, 0.05) is 18.8 Å². The van der Waals surface area contributed by atoms with Gasteiger partial charge in [0.05, 0.1) is 0 Å². The summed E-state index contributed by atoms with van der Waals surface area (Å²) in [4.78, 5) is 2.52. The standard InChI is InChI=1S/C14H21N.2C2H6/c1-3-13-8-10-15(11-9-13)14-6-4-12(2)5-7-14;2*1-2/h4-7,13H,3,8-11H2,1-2H3;2*1-2H3. The lowest BCUT2D eigenvalue weighted by molar-refractivity contribution is 0.395. The molecule has 1 aliphatic heterocycles. The first-order valence-electron chi connectivity index (χ1n) is 8.11. The van der Waals surface area contributed by atoms with E-state index in [0.29, 0.717) is 0 Å². The first kappa shape index (κ1) is 18.0. The molecule has 110 valence electrons. The Labute approximate surface area is 121 Å². The molecule has 0 saturated carbocycles. The van der Waals surface area contributed by atoms with E-state index < -0.39 is 0 Å². The largest absolute Gasteiger partial charge is 0.372 e. The van der Waals surface area contributed by atoms with Gasteiger partial charge in [-0.1, -0.05) is 58.7 Å². The van der Waals surface area contributed by atoms with Crippen LogP contribution in [-0.2, 0) is 0 Å². The molecule has 1 heteroatoms. The first-order valence-corrected chi connectivity index (χ1v) is 8.11. The molecule has 1 aromatic rings. The van der Waals surface area contributed by atoms with Gasteiger partial charge in [0.25, 0.3) is 0 Å². The molecule has 0 aromatic heterocycles. The second kappa shape index (κ2) is 10.9. The van der Waals surface area contributed by atoms with Crippen molar-refractivity contribution >= 4 is 5.69 Å². The highest BCUT2D eigenvalue weighted by Crippen LogP contribution is 2.24. The Hall–Kier alpha value is -0.980. The number of hydrogen-bond acceptors (Lipinski definition) is 1. The van der Waals surface area contributed by atoms with E-state index in [4.69, 9.17) is 0 Å². The molecule has 1 saturated heterocycles. The van der Waals surface area contributed by atoms with Gasteiger partial charge in [-0.3, -0.25) is 0 Å². The van der Waals surface area contributed by atoms with Crippen LogP contribution >= 0.6 is 0 Å². The van der Waals surface area contributed by atoms with E-state index in [1.165, 1.54) is 43.6 Å². The third kappa shape index (κ3) is 6.13. The van der Waals surface area contributed by atoms with Crippen LogP contribution in [0.3, 0.4) is 0 Å². The summed E-state index contributed by atoms with van der Waals surface area (Å²) in [7, 11) is 0. The van der Waals surface area contributed by atoms with Crippen molar-refractivity contribution in [1.29, 1.82) is 0 Å². The van der Waals surface area contributed by atoms with Crippen LogP contribution in [0.1, 0.15) is 59.4 Å². The van der Waals surface area contributed by atoms with E-state index in [0.717, 1.165) is 5.92 Å². The zero-order valence-electron chi connectivity index (χ0n) is 13.9. The van der Waals surface area contributed by atoms with Crippen molar-refractivity contribution in [2.24, 2.45) is 5.92 Å². The predicted molar refractivity (Wildman–Crippen MR) is 89.1 cm³/mol. The monoisotopic (exact) mass is 263 g/mol. The maximum Gasteiger partial charge on any atom is 0.0366 e. The number of anilines is 1. The number of hydrogen-bond donors (Lipinski definition) is 0. The number of rotatable bonds is 2. The Morgan fingerprint density at radius 3 is 1.84 bits per heavy atom. The molecule has 0 aliphatic carbocycles. The van der Waals surface area contributed by atoms with E-state index in [-0.39, 0.29) is 0 Å². The van der Waals surface area contributed by atoms with Gasteiger partial charge >= 0.3 is 0 Å². The van der Waals surface area contributed by atoms with E-state index in [1.54, 1.807) is 0 Å². The average molecular weight is 263 g/mol. The average Bonchev–Trinajstić information content (AvgIpc) is 2.52. The minimum atomic E-state index is 0.965. The van der Waals surface area contributed by atoms with Crippen molar-refractivity contribution in [2.45, 2.75) is 60.8 Å². The second-order valence-corrected chi connectivity index (χ2v) is 4.67. The maximum absolute atomic E-state index is 2.52. The highest BCUT2D eigenvalue weighted by Gasteiger charge is 2.17. The number of nitrogens with zero attached hydrogens (tertiary/aromatic N) is 1. The van der Waals surface area contributed by atoms with Crippen LogP contribution in [0.2, 0.25) is 0 Å². The smallest absolute Gasteiger partial charge is 0.0366 e. The van der Waals surface area contributed by atoms with Gasteiger partial charge in [-0.05, 0) is 37.8 Å². The molecule has 1 fully saturated rings. The van der Waals surface area contributed by atoms with Gasteiger partial charge in [-0.15, -0.1) is 0 Å². The van der Waals surface area contributed by atoms with Gasteiger partial charge < -0.3 is 4.90 Å². The lowest BCUT2D eigenvalue weighted by atomic mass is 9.94. The van der Waals surface area contributed by atoms with Gasteiger partial charge in [0.15, 0.2) is 0 Å². The van der Waals surface area contributed by atoms with Gasteiger partial charge in [0.2, 0.25) is 0 Å². The Balaban J connectivity index is 0.000000741. The fourth-order valence-corrected chi connectivity index (χ4v) is 2.35. The lowest BCUT2D eigenvalue weighted by Gasteiger charge is -2.33.